The summed E-state index contributed by atoms with van der Waals surface area (Å²) in [5.74, 6) is 1.15. The highest BCUT2D eigenvalue weighted by atomic mass is 15.2. The lowest BCUT2D eigenvalue weighted by molar-refractivity contribution is 0.285. The van der Waals surface area contributed by atoms with Crippen LogP contribution in [0, 0.1) is 5.41 Å². The van der Waals surface area contributed by atoms with Crippen LogP contribution in [0.15, 0.2) is 29.4 Å². The molecule has 0 aromatic rings. The summed E-state index contributed by atoms with van der Waals surface area (Å²) in [6.45, 7) is 14.0. The Labute approximate surface area is 99.8 Å². The van der Waals surface area contributed by atoms with Crippen molar-refractivity contribution in [3.8, 4) is 0 Å². The van der Waals surface area contributed by atoms with Gasteiger partial charge in [0.1, 0.15) is 5.84 Å². The van der Waals surface area contributed by atoms with Crippen LogP contribution in [0.3, 0.4) is 0 Å². The molecule has 0 N–H and O–H groups in total. The third-order valence-electron chi connectivity index (χ3n) is 2.45. The maximum Gasteiger partial charge on any atom is 0.109 e. The van der Waals surface area contributed by atoms with Crippen LogP contribution in [-0.2, 0) is 0 Å². The number of amidine groups is 1. The second-order valence-electron chi connectivity index (χ2n) is 6.22. The highest BCUT2D eigenvalue weighted by molar-refractivity contribution is 5.88. The molecule has 0 aromatic carbocycles. The fourth-order valence-corrected chi connectivity index (χ4v) is 1.70. The Hall–Kier alpha value is -1.05. The van der Waals surface area contributed by atoms with Crippen molar-refractivity contribution in [2.75, 3.05) is 6.54 Å². The molecule has 0 unspecified atom stereocenters. The Balaban J connectivity index is 3.17. The van der Waals surface area contributed by atoms with Gasteiger partial charge < -0.3 is 4.90 Å². The summed E-state index contributed by atoms with van der Waals surface area (Å²) >= 11 is 0. The lowest BCUT2D eigenvalue weighted by atomic mass is 9.91. The van der Waals surface area contributed by atoms with Crippen LogP contribution in [0.2, 0.25) is 0 Å². The van der Waals surface area contributed by atoms with Gasteiger partial charge in [0.2, 0.25) is 0 Å². The summed E-state index contributed by atoms with van der Waals surface area (Å²) in [5.41, 5.74) is 0.136. The number of hydrogen-bond acceptors (Lipinski definition) is 2. The van der Waals surface area contributed by atoms with Crippen molar-refractivity contribution in [2.45, 2.75) is 47.1 Å². The molecule has 0 bridgehead atoms. The highest BCUT2D eigenvalue weighted by Gasteiger charge is 2.30. The minimum atomic E-state index is 0.0633. The fraction of sp³-hybridized carbons (Fsp3) is 0.643. The first-order valence-corrected chi connectivity index (χ1v) is 5.90. The zero-order valence-electron chi connectivity index (χ0n) is 11.4. The van der Waals surface area contributed by atoms with Gasteiger partial charge in [-0.1, -0.05) is 32.9 Å². The average Bonchev–Trinajstić information content (AvgIpc) is 1.96. The van der Waals surface area contributed by atoms with Crippen LogP contribution < -0.4 is 0 Å². The van der Waals surface area contributed by atoms with E-state index >= 15 is 0 Å². The monoisotopic (exact) mass is 220 g/mol. The zero-order valence-corrected chi connectivity index (χ0v) is 11.4. The van der Waals surface area contributed by atoms with Gasteiger partial charge in [0.25, 0.3) is 0 Å². The largest absolute Gasteiger partial charge is 0.331 e. The molecule has 0 aromatic heterocycles. The van der Waals surface area contributed by atoms with Crippen molar-refractivity contribution in [1.29, 1.82) is 0 Å². The molecule has 0 amide bonds. The van der Waals surface area contributed by atoms with Gasteiger partial charge in [-0.15, -0.1) is 0 Å². The van der Waals surface area contributed by atoms with Gasteiger partial charge in [-0.25, -0.2) is 0 Å². The van der Waals surface area contributed by atoms with E-state index in [1.165, 1.54) is 0 Å². The molecule has 1 heterocycles. The van der Waals surface area contributed by atoms with Crippen LogP contribution in [0.25, 0.3) is 0 Å². The van der Waals surface area contributed by atoms with Gasteiger partial charge in [0, 0.05) is 17.2 Å². The normalized spacial score (nSPS) is 25.4. The van der Waals surface area contributed by atoms with E-state index in [-0.39, 0.29) is 11.0 Å². The maximum atomic E-state index is 4.71. The minimum absolute atomic E-state index is 0.0633. The first-order chi connectivity index (χ1) is 7.23. The Morgan fingerprint density at radius 2 is 1.69 bits per heavy atom. The van der Waals surface area contributed by atoms with Crippen LogP contribution >= 0.6 is 0 Å². The van der Waals surface area contributed by atoms with E-state index in [2.05, 4.69) is 70.9 Å². The predicted molar refractivity (Wildman–Crippen MR) is 71.6 cm³/mol. The van der Waals surface area contributed by atoms with E-state index in [1.807, 2.05) is 0 Å². The van der Waals surface area contributed by atoms with E-state index in [0.29, 0.717) is 0 Å². The second kappa shape index (κ2) is 4.44. The van der Waals surface area contributed by atoms with Gasteiger partial charge in [0.15, 0.2) is 0 Å². The topological polar surface area (TPSA) is 15.6 Å². The van der Waals surface area contributed by atoms with Gasteiger partial charge in [-0.3, -0.25) is 4.99 Å². The number of rotatable bonds is 0. The molecule has 0 fully saturated rings. The van der Waals surface area contributed by atoms with Crippen molar-refractivity contribution in [3.63, 3.8) is 0 Å². The van der Waals surface area contributed by atoms with E-state index in [1.54, 1.807) is 0 Å². The minimum Gasteiger partial charge on any atom is -0.331 e. The van der Waals surface area contributed by atoms with E-state index in [4.69, 9.17) is 4.99 Å². The first kappa shape index (κ1) is 13.0. The van der Waals surface area contributed by atoms with Crippen LogP contribution in [0.4, 0.5) is 0 Å². The molecule has 2 nitrogen and oxygen atoms in total. The number of allylic oxidation sites excluding steroid dienone is 2. The molecule has 0 radical (unpaired) electrons. The number of hydrogen-bond donors (Lipinski definition) is 0. The average molecular weight is 220 g/mol. The summed E-state index contributed by atoms with van der Waals surface area (Å²) in [6, 6.07) is 0. The molecule has 0 spiro atoms. The molecule has 1 aliphatic rings. The summed E-state index contributed by atoms with van der Waals surface area (Å²) in [4.78, 5) is 6.98. The summed E-state index contributed by atoms with van der Waals surface area (Å²) in [7, 11) is 0. The molecule has 1 rings (SSSR count). The number of nitrogens with zero attached hydrogens (tertiary/aromatic N) is 2. The van der Waals surface area contributed by atoms with Gasteiger partial charge >= 0.3 is 0 Å². The molecule has 0 saturated heterocycles. The second-order valence-corrected chi connectivity index (χ2v) is 6.22. The van der Waals surface area contributed by atoms with Crippen molar-refractivity contribution >= 4 is 5.84 Å². The SMILES string of the molecule is CC(C)(C)/C1=N/C/C=C\C=C/N1C(C)(C)C. The van der Waals surface area contributed by atoms with Crippen molar-refractivity contribution in [3.05, 3.63) is 24.4 Å². The van der Waals surface area contributed by atoms with Gasteiger partial charge in [0.05, 0.1) is 6.54 Å². The lowest BCUT2D eigenvalue weighted by Gasteiger charge is -2.40. The summed E-state index contributed by atoms with van der Waals surface area (Å²) in [6.07, 6.45) is 8.36. The third-order valence-corrected chi connectivity index (χ3v) is 2.45. The predicted octanol–water partition coefficient (Wildman–Crippen LogP) is 3.62. The van der Waals surface area contributed by atoms with Crippen LogP contribution in [0.5, 0.6) is 0 Å². The van der Waals surface area contributed by atoms with Crippen molar-refractivity contribution in [1.82, 2.24) is 4.90 Å². The molecule has 0 atom stereocenters. The molecule has 90 valence electrons. The van der Waals surface area contributed by atoms with E-state index in [0.717, 1.165) is 12.4 Å². The summed E-state index contributed by atoms with van der Waals surface area (Å²) in [5, 5.41) is 0. The van der Waals surface area contributed by atoms with Crippen molar-refractivity contribution < 1.29 is 0 Å². The highest BCUT2D eigenvalue weighted by Crippen LogP contribution is 2.26. The summed E-state index contributed by atoms with van der Waals surface area (Å²) < 4.78 is 0. The molecule has 1 aliphatic heterocycles. The molecule has 0 saturated carbocycles. The Morgan fingerprint density at radius 3 is 2.19 bits per heavy atom. The zero-order chi connectivity index (χ0) is 12.4. The molecular weight excluding hydrogens is 196 g/mol. The van der Waals surface area contributed by atoms with Gasteiger partial charge in [-0.05, 0) is 26.8 Å². The van der Waals surface area contributed by atoms with Crippen LogP contribution in [0.1, 0.15) is 41.5 Å². The first-order valence-electron chi connectivity index (χ1n) is 5.90. The smallest absolute Gasteiger partial charge is 0.109 e. The van der Waals surface area contributed by atoms with E-state index in [9.17, 15) is 0 Å². The van der Waals surface area contributed by atoms with Crippen molar-refractivity contribution in [2.24, 2.45) is 10.4 Å². The Morgan fingerprint density at radius 1 is 1.06 bits per heavy atom. The standard InChI is InChI=1S/C14H24N2/c1-13(2,3)12-15-10-8-7-9-11-16(12)14(4,5)6/h7-9,11H,10H2,1-6H3/b8-7-,11-9-,15-12-. The quantitative estimate of drug-likeness (QED) is 0.609. The van der Waals surface area contributed by atoms with Crippen LogP contribution in [-0.4, -0.2) is 22.8 Å². The molecule has 0 aliphatic carbocycles. The molecule has 2 heteroatoms. The Kier molecular flexibility index (Phi) is 3.61. The van der Waals surface area contributed by atoms with Gasteiger partial charge in [-0.2, -0.15) is 0 Å². The maximum absolute atomic E-state index is 4.71. The number of aliphatic imine (C=N–C) groups is 1. The lowest BCUT2D eigenvalue weighted by Crippen LogP contribution is -2.47. The fourth-order valence-electron chi connectivity index (χ4n) is 1.70. The van der Waals surface area contributed by atoms with E-state index < -0.39 is 0 Å². The third kappa shape index (κ3) is 3.22. The molecule has 16 heavy (non-hydrogen) atoms. The molecular formula is C14H24N2. The Bertz CT molecular complexity index is 322.